The van der Waals surface area contributed by atoms with Gasteiger partial charge in [-0.05, 0) is 56.3 Å². The molecule has 1 aromatic carbocycles. The second kappa shape index (κ2) is 10.1. The zero-order valence-corrected chi connectivity index (χ0v) is 18.3. The Morgan fingerprint density at radius 3 is 2.59 bits per heavy atom. The van der Waals surface area contributed by atoms with Crippen LogP contribution < -0.4 is 5.32 Å². The highest BCUT2D eigenvalue weighted by molar-refractivity contribution is 6.05. The number of carbonyl (C=O) groups excluding carboxylic acids is 1. The van der Waals surface area contributed by atoms with E-state index in [9.17, 15) is 4.79 Å². The minimum absolute atomic E-state index is 0. The molecule has 7 heteroatoms. The number of aryl methyl sites for hydroxylation is 1. The number of furan rings is 1. The molecule has 2 heterocycles. The van der Waals surface area contributed by atoms with E-state index >= 15 is 0 Å². The summed E-state index contributed by atoms with van der Waals surface area (Å²) in [7, 11) is 0. The third-order valence-corrected chi connectivity index (χ3v) is 5.55. The number of likely N-dealkylation sites (N-methyl/N-ethyl adjacent to an activating group) is 1. The third kappa shape index (κ3) is 4.74. The summed E-state index contributed by atoms with van der Waals surface area (Å²) in [4.78, 5) is 18.9. The molecule has 5 nitrogen and oxygen atoms in total. The van der Waals surface area contributed by atoms with Crippen molar-refractivity contribution in [2.45, 2.75) is 39.2 Å². The molecule has 0 spiro atoms. The highest BCUT2D eigenvalue weighted by Crippen LogP contribution is 2.35. The van der Waals surface area contributed by atoms with Gasteiger partial charge in [0.15, 0.2) is 0 Å². The van der Waals surface area contributed by atoms with Gasteiger partial charge >= 0.3 is 0 Å². The molecule has 0 saturated heterocycles. The minimum Gasteiger partial charge on any atom is -0.461 e. The number of nitrogens with zero attached hydrogens (tertiary/aromatic N) is 2. The van der Waals surface area contributed by atoms with Crippen LogP contribution in [0.3, 0.4) is 0 Å². The molecule has 3 aromatic rings. The van der Waals surface area contributed by atoms with Gasteiger partial charge in [-0.25, -0.2) is 0 Å². The van der Waals surface area contributed by atoms with Crippen molar-refractivity contribution in [2.75, 3.05) is 18.4 Å². The zero-order valence-electron chi connectivity index (χ0n) is 16.7. The second-order valence-corrected chi connectivity index (χ2v) is 7.02. The molecule has 2 aromatic heterocycles. The molecule has 1 aliphatic carbocycles. The van der Waals surface area contributed by atoms with Crippen molar-refractivity contribution >= 4 is 47.4 Å². The fourth-order valence-electron chi connectivity index (χ4n) is 4.10. The zero-order chi connectivity index (χ0) is 18.8. The smallest absolute Gasteiger partial charge is 0.255 e. The SMILES string of the molecule is CCN(CC)C1CCc2oc3ccc(NC(=O)c4ccncc4)cc3c2C1.Cl.Cl. The van der Waals surface area contributed by atoms with Crippen molar-refractivity contribution in [1.82, 2.24) is 9.88 Å². The first-order valence-electron chi connectivity index (χ1n) is 9.69. The summed E-state index contributed by atoms with van der Waals surface area (Å²) >= 11 is 0. The monoisotopic (exact) mass is 435 g/mol. The maximum absolute atomic E-state index is 12.4. The maximum atomic E-state index is 12.4. The molecule has 1 atom stereocenters. The van der Waals surface area contributed by atoms with E-state index in [0.717, 1.165) is 54.8 Å². The molecule has 0 radical (unpaired) electrons. The number of carbonyl (C=O) groups is 1. The van der Waals surface area contributed by atoms with Crippen molar-refractivity contribution in [3.05, 3.63) is 59.6 Å². The number of rotatable bonds is 5. The van der Waals surface area contributed by atoms with Gasteiger partial charge in [0.05, 0.1) is 0 Å². The number of aromatic nitrogens is 1. The van der Waals surface area contributed by atoms with Crippen molar-refractivity contribution < 1.29 is 9.21 Å². The Balaban J connectivity index is 0.00000150. The first-order chi connectivity index (χ1) is 13.2. The van der Waals surface area contributed by atoms with Gasteiger partial charge in [0, 0.05) is 47.1 Å². The molecule has 0 aliphatic heterocycles. The molecule has 0 fully saturated rings. The molecule has 29 heavy (non-hydrogen) atoms. The molecule has 0 saturated carbocycles. The fourth-order valence-corrected chi connectivity index (χ4v) is 4.10. The van der Waals surface area contributed by atoms with Gasteiger partial charge in [-0.2, -0.15) is 0 Å². The Hall–Kier alpha value is -2.08. The van der Waals surface area contributed by atoms with Gasteiger partial charge in [0.2, 0.25) is 0 Å². The Morgan fingerprint density at radius 2 is 1.90 bits per heavy atom. The van der Waals surface area contributed by atoms with Crippen LogP contribution in [0.1, 0.15) is 41.9 Å². The van der Waals surface area contributed by atoms with Crippen LogP contribution in [0.5, 0.6) is 0 Å². The van der Waals surface area contributed by atoms with E-state index in [1.807, 2.05) is 18.2 Å². The number of amides is 1. The van der Waals surface area contributed by atoms with Gasteiger partial charge in [0.1, 0.15) is 11.3 Å². The molecule has 4 rings (SSSR count). The first-order valence-corrected chi connectivity index (χ1v) is 9.69. The number of fused-ring (bicyclic) bond motifs is 3. The van der Waals surface area contributed by atoms with Gasteiger partial charge in [-0.3, -0.25) is 9.78 Å². The number of halogens is 2. The summed E-state index contributed by atoms with van der Waals surface area (Å²) in [6, 6.07) is 9.88. The first kappa shape index (κ1) is 23.2. The second-order valence-electron chi connectivity index (χ2n) is 7.02. The van der Waals surface area contributed by atoms with Crippen molar-refractivity contribution in [3.8, 4) is 0 Å². The van der Waals surface area contributed by atoms with Crippen LogP contribution in [0.25, 0.3) is 11.0 Å². The van der Waals surface area contributed by atoms with Crippen molar-refractivity contribution in [1.29, 1.82) is 0 Å². The number of nitrogens with one attached hydrogen (secondary N) is 1. The summed E-state index contributed by atoms with van der Waals surface area (Å²) in [5.41, 5.74) is 3.59. The summed E-state index contributed by atoms with van der Waals surface area (Å²) < 4.78 is 6.09. The molecule has 1 amide bonds. The predicted molar refractivity (Wildman–Crippen MR) is 122 cm³/mol. The van der Waals surface area contributed by atoms with Crippen LogP contribution >= 0.6 is 24.8 Å². The van der Waals surface area contributed by atoms with Crippen LogP contribution in [0, 0.1) is 0 Å². The van der Waals surface area contributed by atoms with Crippen LogP contribution in [0.2, 0.25) is 0 Å². The largest absolute Gasteiger partial charge is 0.461 e. The summed E-state index contributed by atoms with van der Waals surface area (Å²) in [6.45, 7) is 6.58. The van der Waals surface area contributed by atoms with E-state index in [1.165, 1.54) is 5.56 Å². The maximum Gasteiger partial charge on any atom is 0.255 e. The van der Waals surface area contributed by atoms with Crippen LogP contribution in [0.4, 0.5) is 5.69 Å². The van der Waals surface area contributed by atoms with Gasteiger partial charge in [-0.1, -0.05) is 13.8 Å². The Morgan fingerprint density at radius 1 is 1.17 bits per heavy atom. The van der Waals surface area contributed by atoms with E-state index in [1.54, 1.807) is 24.5 Å². The van der Waals surface area contributed by atoms with E-state index in [2.05, 4.69) is 29.0 Å². The quantitative estimate of drug-likeness (QED) is 0.603. The topological polar surface area (TPSA) is 58.4 Å². The van der Waals surface area contributed by atoms with Gasteiger partial charge in [-0.15, -0.1) is 24.8 Å². The summed E-state index contributed by atoms with van der Waals surface area (Å²) in [5.74, 6) is 0.973. The lowest BCUT2D eigenvalue weighted by Crippen LogP contribution is -2.38. The standard InChI is InChI=1S/C22H25N3O2.2ClH/c1-3-25(4-2)17-6-8-21-19(14-17)18-13-16(5-7-20(18)27-21)24-22(26)15-9-11-23-12-10-15;;/h5,7,9-13,17H,3-4,6,8,14H2,1-2H3,(H,24,26);2*1H. The average Bonchev–Trinajstić information content (AvgIpc) is 3.07. The third-order valence-electron chi connectivity index (χ3n) is 5.55. The number of benzene rings is 1. The lowest BCUT2D eigenvalue weighted by Gasteiger charge is -2.32. The van der Waals surface area contributed by atoms with E-state index in [0.29, 0.717) is 11.6 Å². The fraction of sp³-hybridized carbons (Fsp3) is 0.364. The minimum atomic E-state index is -0.130. The van der Waals surface area contributed by atoms with Crippen LogP contribution in [0.15, 0.2) is 47.1 Å². The molecule has 156 valence electrons. The van der Waals surface area contributed by atoms with Gasteiger partial charge < -0.3 is 14.6 Å². The highest BCUT2D eigenvalue weighted by Gasteiger charge is 2.27. The summed E-state index contributed by atoms with van der Waals surface area (Å²) in [5, 5.41) is 4.10. The molecule has 1 aliphatic rings. The van der Waals surface area contributed by atoms with Crippen LogP contribution in [-0.4, -0.2) is 34.9 Å². The number of hydrogen-bond donors (Lipinski definition) is 1. The normalized spacial score (nSPS) is 15.3. The Bertz CT molecular complexity index is 955. The number of anilines is 1. The lowest BCUT2D eigenvalue weighted by molar-refractivity contribution is 0.102. The predicted octanol–water partition coefficient (Wildman–Crippen LogP) is 5.12. The summed E-state index contributed by atoms with van der Waals surface area (Å²) in [6.07, 6.45) is 6.37. The molecular formula is C22H27Cl2N3O2. The molecule has 1 unspecified atom stereocenters. The molecule has 1 N–H and O–H groups in total. The number of pyridine rings is 1. The highest BCUT2D eigenvalue weighted by atomic mass is 35.5. The van der Waals surface area contributed by atoms with Crippen LogP contribution in [-0.2, 0) is 12.8 Å². The number of hydrogen-bond acceptors (Lipinski definition) is 4. The Kier molecular flexibility index (Phi) is 8.08. The van der Waals surface area contributed by atoms with Crippen molar-refractivity contribution in [2.24, 2.45) is 0 Å². The van der Waals surface area contributed by atoms with Gasteiger partial charge in [0.25, 0.3) is 5.91 Å². The lowest BCUT2D eigenvalue weighted by atomic mass is 9.90. The average molecular weight is 436 g/mol. The molecular weight excluding hydrogens is 409 g/mol. The van der Waals surface area contributed by atoms with E-state index < -0.39 is 0 Å². The van der Waals surface area contributed by atoms with Crippen molar-refractivity contribution in [3.63, 3.8) is 0 Å². The van der Waals surface area contributed by atoms with E-state index in [4.69, 9.17) is 4.42 Å². The van der Waals surface area contributed by atoms with E-state index in [-0.39, 0.29) is 30.7 Å². The Labute approximate surface area is 183 Å². The molecule has 0 bridgehead atoms.